The maximum Gasteiger partial charge on any atom is 0.336 e. The van der Waals surface area contributed by atoms with Crippen LogP contribution in [0.2, 0.25) is 0 Å². The lowest BCUT2D eigenvalue weighted by atomic mass is 9.89. The minimum absolute atomic E-state index is 0.0756. The molecule has 4 aromatic rings. The molecule has 3 aromatic carbocycles. The number of ketones is 1. The molecule has 0 spiro atoms. The third-order valence-corrected chi connectivity index (χ3v) is 6.62. The minimum Gasteiger partial charge on any atom is -0.493 e. The van der Waals surface area contributed by atoms with Gasteiger partial charge in [-0.3, -0.25) is 4.79 Å². The molecule has 0 aliphatic rings. The summed E-state index contributed by atoms with van der Waals surface area (Å²) >= 11 is 1.04. The van der Waals surface area contributed by atoms with E-state index < -0.39 is 11.8 Å². The zero-order valence-electron chi connectivity index (χ0n) is 21.6. The summed E-state index contributed by atoms with van der Waals surface area (Å²) < 4.78 is 24.7. The lowest BCUT2D eigenvalue weighted by Gasteiger charge is -2.17. The Hall–Kier alpha value is -4.44. The summed E-state index contributed by atoms with van der Waals surface area (Å²) in [7, 11) is 8.20. The van der Waals surface area contributed by atoms with Gasteiger partial charge < -0.3 is 24.2 Å². The van der Waals surface area contributed by atoms with Crippen molar-refractivity contribution in [2.75, 3.05) is 40.3 Å². The van der Waals surface area contributed by atoms with E-state index in [1.54, 1.807) is 18.2 Å². The zero-order valence-corrected chi connectivity index (χ0v) is 22.5. The summed E-state index contributed by atoms with van der Waals surface area (Å²) in [5.74, 6) is -0.803. The Labute approximate surface area is 224 Å². The van der Waals surface area contributed by atoms with Crippen molar-refractivity contribution in [3.63, 3.8) is 0 Å². The topological polar surface area (TPSA) is 111 Å². The lowest BCUT2D eigenvalue weighted by molar-refractivity contribution is -0.130. The molecule has 1 heterocycles. The second kappa shape index (κ2) is 11.3. The van der Waals surface area contributed by atoms with E-state index in [1.165, 1.54) is 33.5 Å². The number of carboxylic acids is 1. The van der Waals surface area contributed by atoms with Gasteiger partial charge in [-0.2, -0.15) is 8.75 Å². The number of fused-ring (bicyclic) bond motifs is 1. The number of carbonyl (C=O) groups is 2. The maximum absolute atomic E-state index is 14.1. The molecule has 9 nitrogen and oxygen atoms in total. The highest BCUT2D eigenvalue weighted by Crippen LogP contribution is 2.39. The van der Waals surface area contributed by atoms with Crippen LogP contribution < -0.4 is 19.1 Å². The van der Waals surface area contributed by atoms with Crippen LogP contribution in [0.4, 0.5) is 5.69 Å². The molecule has 0 atom stereocenters. The summed E-state index contributed by atoms with van der Waals surface area (Å²) in [5, 5.41) is 10.4. The molecule has 0 saturated carbocycles. The van der Waals surface area contributed by atoms with Gasteiger partial charge in [-0.1, -0.05) is 18.2 Å². The number of anilines is 1. The maximum atomic E-state index is 14.1. The normalized spacial score (nSPS) is 11.6. The average Bonchev–Trinajstić information content (AvgIpc) is 3.39. The number of aromatic nitrogens is 2. The number of benzene rings is 3. The van der Waals surface area contributed by atoms with Crippen LogP contribution >= 0.6 is 11.7 Å². The van der Waals surface area contributed by atoms with E-state index >= 15 is 0 Å². The second-order valence-electron chi connectivity index (χ2n) is 8.61. The van der Waals surface area contributed by atoms with E-state index in [9.17, 15) is 14.7 Å². The SMILES string of the molecule is COc1cc(C(=O)/C(Cc2cccc(N(C)C)c2)=C(/C(=O)O)c2ccc3nsnc3c2)cc(OC)c1OC. The van der Waals surface area contributed by atoms with E-state index in [2.05, 4.69) is 8.75 Å². The first-order chi connectivity index (χ1) is 18.3. The molecule has 4 rings (SSSR count). The van der Waals surface area contributed by atoms with Crippen LogP contribution in [0.5, 0.6) is 17.2 Å². The number of hydrogen-bond acceptors (Lipinski definition) is 9. The van der Waals surface area contributed by atoms with Crippen LogP contribution in [0.3, 0.4) is 0 Å². The Balaban J connectivity index is 1.95. The molecule has 0 saturated heterocycles. The van der Waals surface area contributed by atoms with Crippen LogP contribution in [0.15, 0.2) is 60.2 Å². The molecule has 196 valence electrons. The van der Waals surface area contributed by atoms with Gasteiger partial charge in [0, 0.05) is 37.3 Å². The molecule has 0 radical (unpaired) electrons. The fourth-order valence-corrected chi connectivity index (χ4v) is 4.70. The Morgan fingerprint density at radius 1 is 0.868 bits per heavy atom. The first kappa shape index (κ1) is 26.6. The van der Waals surface area contributed by atoms with Gasteiger partial charge in [0.15, 0.2) is 17.3 Å². The van der Waals surface area contributed by atoms with E-state index in [0.717, 1.165) is 23.0 Å². The Kier molecular flexibility index (Phi) is 7.92. The highest BCUT2D eigenvalue weighted by Gasteiger charge is 2.26. The largest absolute Gasteiger partial charge is 0.493 e. The van der Waals surface area contributed by atoms with Crippen molar-refractivity contribution in [1.29, 1.82) is 0 Å². The third kappa shape index (κ3) is 5.30. The van der Waals surface area contributed by atoms with Crippen LogP contribution in [-0.4, -0.2) is 61.0 Å². The number of Topliss-reactive ketones (excluding diaryl/α,β-unsaturated/α-hetero) is 1. The molecule has 1 aromatic heterocycles. The molecule has 10 heteroatoms. The van der Waals surface area contributed by atoms with E-state index in [4.69, 9.17) is 14.2 Å². The fourth-order valence-electron chi connectivity index (χ4n) is 4.18. The number of rotatable bonds is 10. The van der Waals surface area contributed by atoms with Crippen molar-refractivity contribution >= 4 is 45.8 Å². The zero-order chi connectivity index (χ0) is 27.4. The number of ether oxygens (including phenoxy) is 3. The van der Waals surface area contributed by atoms with Crippen molar-refractivity contribution in [2.24, 2.45) is 0 Å². The van der Waals surface area contributed by atoms with Gasteiger partial charge in [0.1, 0.15) is 11.0 Å². The molecule has 1 N–H and O–H groups in total. The first-order valence-corrected chi connectivity index (χ1v) is 12.3. The van der Waals surface area contributed by atoms with Crippen LogP contribution in [-0.2, 0) is 11.2 Å². The molecule has 0 aliphatic heterocycles. The Morgan fingerprint density at radius 2 is 1.55 bits per heavy atom. The number of carboxylic acid groups (broad SMARTS) is 1. The van der Waals surface area contributed by atoms with Gasteiger partial charge in [-0.25, -0.2) is 4.79 Å². The molecular weight excluding hydrogens is 506 g/mol. The van der Waals surface area contributed by atoms with Crippen molar-refractivity contribution in [2.45, 2.75) is 6.42 Å². The Morgan fingerprint density at radius 3 is 2.16 bits per heavy atom. The number of carbonyl (C=O) groups excluding carboxylic acids is 1. The van der Waals surface area contributed by atoms with Gasteiger partial charge in [-0.05, 0) is 47.5 Å². The van der Waals surface area contributed by atoms with Crippen LogP contribution in [0.25, 0.3) is 16.6 Å². The van der Waals surface area contributed by atoms with Crippen molar-refractivity contribution in [3.8, 4) is 17.2 Å². The number of allylic oxidation sites excluding steroid dienone is 1. The number of methoxy groups -OCH3 is 3. The minimum atomic E-state index is -1.23. The average molecular weight is 534 g/mol. The molecule has 0 aliphatic carbocycles. The van der Waals surface area contributed by atoms with E-state index in [1.807, 2.05) is 43.3 Å². The molecule has 0 unspecified atom stereocenters. The quantitative estimate of drug-likeness (QED) is 0.228. The van der Waals surface area contributed by atoms with Crippen molar-refractivity contribution in [1.82, 2.24) is 8.75 Å². The lowest BCUT2D eigenvalue weighted by Crippen LogP contribution is -2.15. The van der Waals surface area contributed by atoms with Gasteiger partial charge in [0.2, 0.25) is 5.75 Å². The Bertz CT molecular complexity index is 1520. The number of nitrogens with zero attached hydrogens (tertiary/aromatic N) is 3. The standard InChI is InChI=1S/C28H27N3O6S/c1-31(2)19-8-6-7-16(11-19)12-20(25(28(33)34)17-9-10-21-22(13-17)30-38-29-21)26(32)18-14-23(35-3)27(37-5)24(15-18)36-4/h6-11,13-15H,12H2,1-5H3,(H,33,34)/b25-20+. The van der Waals surface area contributed by atoms with Crippen LogP contribution in [0, 0.1) is 0 Å². The molecule has 0 bridgehead atoms. The summed E-state index contributed by atoms with van der Waals surface area (Å²) in [6.45, 7) is 0. The summed E-state index contributed by atoms with van der Waals surface area (Å²) in [4.78, 5) is 28.8. The fraction of sp³-hybridized carbons (Fsp3) is 0.214. The highest BCUT2D eigenvalue weighted by atomic mass is 32.1. The van der Waals surface area contributed by atoms with Gasteiger partial charge in [-0.15, -0.1) is 0 Å². The second-order valence-corrected chi connectivity index (χ2v) is 9.14. The molecule has 38 heavy (non-hydrogen) atoms. The first-order valence-electron chi connectivity index (χ1n) is 11.6. The van der Waals surface area contributed by atoms with E-state index in [-0.39, 0.29) is 34.6 Å². The summed E-state index contributed by atoms with van der Waals surface area (Å²) in [6.07, 6.45) is 0.0756. The predicted molar refractivity (Wildman–Crippen MR) is 147 cm³/mol. The number of aliphatic carboxylic acids is 1. The molecule has 0 fully saturated rings. The van der Waals surface area contributed by atoms with E-state index in [0.29, 0.717) is 22.3 Å². The predicted octanol–water partition coefficient (Wildman–Crippen LogP) is 4.75. The molecular formula is C28H27N3O6S. The van der Waals surface area contributed by atoms with Gasteiger partial charge >= 0.3 is 5.97 Å². The summed E-state index contributed by atoms with van der Waals surface area (Å²) in [5.41, 5.74) is 3.46. The smallest absolute Gasteiger partial charge is 0.336 e. The monoisotopic (exact) mass is 533 g/mol. The summed E-state index contributed by atoms with van der Waals surface area (Å²) in [6, 6.07) is 15.6. The van der Waals surface area contributed by atoms with Gasteiger partial charge in [0.05, 0.1) is 38.6 Å². The van der Waals surface area contributed by atoms with Crippen molar-refractivity contribution in [3.05, 3.63) is 76.9 Å². The van der Waals surface area contributed by atoms with Crippen molar-refractivity contribution < 1.29 is 28.9 Å². The number of hydrogen-bond donors (Lipinski definition) is 1. The molecule has 0 amide bonds. The highest BCUT2D eigenvalue weighted by molar-refractivity contribution is 7.00. The van der Waals surface area contributed by atoms with Crippen LogP contribution in [0.1, 0.15) is 21.5 Å². The third-order valence-electron chi connectivity index (χ3n) is 6.07. The van der Waals surface area contributed by atoms with Gasteiger partial charge in [0.25, 0.3) is 0 Å².